The quantitative estimate of drug-likeness (QED) is 0.849. The monoisotopic (exact) mass is 292 g/mol. The molecule has 1 aromatic carbocycles. The van der Waals surface area contributed by atoms with Gasteiger partial charge in [0.2, 0.25) is 0 Å². The van der Waals surface area contributed by atoms with Crippen molar-refractivity contribution in [2.24, 2.45) is 0 Å². The number of benzene rings is 1. The summed E-state index contributed by atoms with van der Waals surface area (Å²) in [5, 5.41) is 0. The SMILES string of the molecule is COc1ccc(-c2nc(C)cc(C)n2)cc1Br. The molecule has 2 rings (SSSR count). The van der Waals surface area contributed by atoms with Crippen molar-refractivity contribution in [3.63, 3.8) is 0 Å². The van der Waals surface area contributed by atoms with Crippen LogP contribution in [0.1, 0.15) is 11.4 Å². The van der Waals surface area contributed by atoms with E-state index in [1.807, 2.05) is 38.1 Å². The van der Waals surface area contributed by atoms with Crippen molar-refractivity contribution in [2.45, 2.75) is 13.8 Å². The molecule has 0 saturated heterocycles. The molecule has 3 nitrogen and oxygen atoms in total. The van der Waals surface area contributed by atoms with E-state index in [0.29, 0.717) is 0 Å². The first-order chi connectivity index (χ1) is 8.10. The maximum Gasteiger partial charge on any atom is 0.159 e. The van der Waals surface area contributed by atoms with Crippen LogP contribution < -0.4 is 4.74 Å². The third-order valence-electron chi connectivity index (χ3n) is 2.39. The van der Waals surface area contributed by atoms with Gasteiger partial charge in [0.1, 0.15) is 5.75 Å². The molecule has 0 amide bonds. The van der Waals surface area contributed by atoms with Gasteiger partial charge in [0.05, 0.1) is 11.6 Å². The fraction of sp³-hybridized carbons (Fsp3) is 0.231. The number of rotatable bonds is 2. The fourth-order valence-corrected chi connectivity index (χ4v) is 2.20. The molecule has 4 heteroatoms. The van der Waals surface area contributed by atoms with Gasteiger partial charge in [-0.3, -0.25) is 0 Å². The molecule has 1 aromatic heterocycles. The van der Waals surface area contributed by atoms with Gasteiger partial charge in [-0.25, -0.2) is 9.97 Å². The van der Waals surface area contributed by atoms with Crippen molar-refractivity contribution in [2.75, 3.05) is 7.11 Å². The highest BCUT2D eigenvalue weighted by Gasteiger charge is 2.06. The molecule has 1 heterocycles. The van der Waals surface area contributed by atoms with Crippen molar-refractivity contribution in [1.29, 1.82) is 0 Å². The van der Waals surface area contributed by atoms with E-state index in [0.717, 1.165) is 33.0 Å². The normalized spacial score (nSPS) is 10.4. The van der Waals surface area contributed by atoms with Crippen LogP contribution in [0, 0.1) is 13.8 Å². The van der Waals surface area contributed by atoms with E-state index in [-0.39, 0.29) is 0 Å². The van der Waals surface area contributed by atoms with Crippen molar-refractivity contribution >= 4 is 15.9 Å². The van der Waals surface area contributed by atoms with E-state index in [1.54, 1.807) is 7.11 Å². The average molecular weight is 293 g/mol. The highest BCUT2D eigenvalue weighted by Crippen LogP contribution is 2.29. The first-order valence-electron chi connectivity index (χ1n) is 5.26. The zero-order valence-electron chi connectivity index (χ0n) is 9.99. The van der Waals surface area contributed by atoms with Gasteiger partial charge < -0.3 is 4.74 Å². The Kier molecular flexibility index (Phi) is 3.43. The van der Waals surface area contributed by atoms with Gasteiger partial charge >= 0.3 is 0 Å². The van der Waals surface area contributed by atoms with Crippen LogP contribution in [0.4, 0.5) is 0 Å². The Morgan fingerprint density at radius 3 is 2.24 bits per heavy atom. The summed E-state index contributed by atoms with van der Waals surface area (Å²) in [7, 11) is 1.65. The Bertz CT molecular complexity index is 535. The van der Waals surface area contributed by atoms with Gasteiger partial charge in [-0.05, 0) is 54.0 Å². The van der Waals surface area contributed by atoms with E-state index < -0.39 is 0 Å². The van der Waals surface area contributed by atoms with Crippen LogP contribution in [0.15, 0.2) is 28.7 Å². The molecule has 0 aliphatic heterocycles. The first-order valence-corrected chi connectivity index (χ1v) is 6.05. The summed E-state index contributed by atoms with van der Waals surface area (Å²) in [6.07, 6.45) is 0. The molecular formula is C13H13BrN2O. The lowest BCUT2D eigenvalue weighted by atomic mass is 10.2. The number of aromatic nitrogens is 2. The van der Waals surface area contributed by atoms with Gasteiger partial charge in [0.25, 0.3) is 0 Å². The summed E-state index contributed by atoms with van der Waals surface area (Å²) >= 11 is 3.46. The lowest BCUT2D eigenvalue weighted by molar-refractivity contribution is 0.412. The third kappa shape index (κ3) is 2.64. The number of methoxy groups -OCH3 is 1. The molecular weight excluding hydrogens is 280 g/mol. The van der Waals surface area contributed by atoms with Gasteiger partial charge in [-0.15, -0.1) is 0 Å². The number of hydrogen-bond acceptors (Lipinski definition) is 3. The van der Waals surface area contributed by atoms with Crippen LogP contribution in [-0.2, 0) is 0 Å². The summed E-state index contributed by atoms with van der Waals surface area (Å²) in [6.45, 7) is 3.94. The summed E-state index contributed by atoms with van der Waals surface area (Å²) < 4.78 is 6.10. The van der Waals surface area contributed by atoms with E-state index in [1.165, 1.54) is 0 Å². The van der Waals surface area contributed by atoms with Crippen molar-refractivity contribution in [1.82, 2.24) is 9.97 Å². The smallest absolute Gasteiger partial charge is 0.159 e. The molecule has 0 saturated carbocycles. The molecule has 0 spiro atoms. The maximum atomic E-state index is 5.20. The first kappa shape index (κ1) is 12.0. The lowest BCUT2D eigenvalue weighted by Gasteiger charge is -2.06. The maximum absolute atomic E-state index is 5.20. The summed E-state index contributed by atoms with van der Waals surface area (Å²) in [6, 6.07) is 7.79. The number of ether oxygens (including phenoxy) is 1. The largest absolute Gasteiger partial charge is 0.496 e. The minimum Gasteiger partial charge on any atom is -0.496 e. The second-order valence-electron chi connectivity index (χ2n) is 3.82. The second kappa shape index (κ2) is 4.84. The molecule has 0 N–H and O–H groups in total. The lowest BCUT2D eigenvalue weighted by Crippen LogP contribution is -1.94. The average Bonchev–Trinajstić information content (AvgIpc) is 2.27. The van der Waals surface area contributed by atoms with Gasteiger partial charge in [0, 0.05) is 17.0 Å². The highest BCUT2D eigenvalue weighted by atomic mass is 79.9. The van der Waals surface area contributed by atoms with Crippen LogP contribution in [0.2, 0.25) is 0 Å². The Morgan fingerprint density at radius 1 is 1.06 bits per heavy atom. The summed E-state index contributed by atoms with van der Waals surface area (Å²) in [5.41, 5.74) is 2.92. The van der Waals surface area contributed by atoms with E-state index in [4.69, 9.17) is 4.74 Å². The minimum atomic E-state index is 0.742. The summed E-state index contributed by atoms with van der Waals surface area (Å²) in [4.78, 5) is 8.86. The zero-order valence-corrected chi connectivity index (χ0v) is 11.6. The molecule has 2 aromatic rings. The molecule has 0 unspecified atom stereocenters. The number of hydrogen-bond donors (Lipinski definition) is 0. The minimum absolute atomic E-state index is 0.742. The Morgan fingerprint density at radius 2 is 1.71 bits per heavy atom. The number of aryl methyl sites for hydroxylation is 2. The zero-order chi connectivity index (χ0) is 12.4. The standard InChI is InChI=1S/C13H13BrN2O/c1-8-6-9(2)16-13(15-8)10-4-5-12(17-3)11(14)7-10/h4-7H,1-3H3. The van der Waals surface area contributed by atoms with E-state index >= 15 is 0 Å². The molecule has 0 aliphatic carbocycles. The molecule has 0 bridgehead atoms. The Balaban J connectivity index is 2.49. The molecule has 17 heavy (non-hydrogen) atoms. The van der Waals surface area contributed by atoms with Crippen molar-refractivity contribution in [3.8, 4) is 17.1 Å². The fourth-order valence-electron chi connectivity index (χ4n) is 1.66. The molecule has 0 atom stereocenters. The number of halogens is 1. The predicted molar refractivity (Wildman–Crippen MR) is 71.2 cm³/mol. The van der Waals surface area contributed by atoms with Crippen LogP contribution in [0.25, 0.3) is 11.4 Å². The van der Waals surface area contributed by atoms with Crippen molar-refractivity contribution < 1.29 is 4.74 Å². The van der Waals surface area contributed by atoms with Gasteiger partial charge in [-0.2, -0.15) is 0 Å². The third-order valence-corrected chi connectivity index (χ3v) is 3.01. The number of nitrogens with zero attached hydrogens (tertiary/aromatic N) is 2. The predicted octanol–water partition coefficient (Wildman–Crippen LogP) is 3.53. The molecule has 0 fully saturated rings. The Labute approximate surface area is 109 Å². The topological polar surface area (TPSA) is 35.0 Å². The van der Waals surface area contributed by atoms with E-state index in [2.05, 4.69) is 25.9 Å². The van der Waals surface area contributed by atoms with Crippen LogP contribution >= 0.6 is 15.9 Å². The van der Waals surface area contributed by atoms with Crippen LogP contribution in [0.5, 0.6) is 5.75 Å². The van der Waals surface area contributed by atoms with Gasteiger partial charge in [-0.1, -0.05) is 0 Å². The molecule has 88 valence electrons. The van der Waals surface area contributed by atoms with Gasteiger partial charge in [0.15, 0.2) is 5.82 Å². The van der Waals surface area contributed by atoms with Crippen LogP contribution in [0.3, 0.4) is 0 Å². The second-order valence-corrected chi connectivity index (χ2v) is 4.68. The highest BCUT2D eigenvalue weighted by molar-refractivity contribution is 9.10. The van der Waals surface area contributed by atoms with Crippen LogP contribution in [-0.4, -0.2) is 17.1 Å². The molecule has 0 aliphatic rings. The summed E-state index contributed by atoms with van der Waals surface area (Å²) in [5.74, 6) is 1.55. The van der Waals surface area contributed by atoms with E-state index in [9.17, 15) is 0 Å². The molecule has 0 radical (unpaired) electrons. The Hall–Kier alpha value is -1.42. The van der Waals surface area contributed by atoms with Crippen molar-refractivity contribution in [3.05, 3.63) is 40.1 Å².